The van der Waals surface area contributed by atoms with Crippen LogP contribution in [0.15, 0.2) is 4.99 Å². The fraction of sp³-hybridized carbons (Fsp3) is 0.500. The Labute approximate surface area is 57.0 Å². The molecule has 1 rings (SSSR count). The molecule has 0 bridgehead atoms. The van der Waals surface area contributed by atoms with Crippen LogP contribution in [0, 0.1) is 0 Å². The van der Waals surface area contributed by atoms with Crippen LogP contribution in [0.4, 0.5) is 0 Å². The van der Waals surface area contributed by atoms with E-state index in [4.69, 9.17) is 4.55 Å². The average Bonchev–Trinajstić information content (AvgIpc) is 2.12. The molecular weight excluding hydrogens is 162 g/mol. The van der Waals surface area contributed by atoms with Crippen molar-refractivity contribution in [3.8, 4) is 0 Å². The Morgan fingerprint density at radius 3 is 2.80 bits per heavy atom. The molecule has 7 nitrogen and oxygen atoms in total. The molecule has 0 fully saturated rings. The van der Waals surface area contributed by atoms with Gasteiger partial charge in [-0.2, -0.15) is 8.42 Å². The van der Waals surface area contributed by atoms with Gasteiger partial charge in [-0.25, -0.2) is 10.4 Å². The largest absolute Gasteiger partial charge is 0.449 e. The summed E-state index contributed by atoms with van der Waals surface area (Å²) in [6, 6.07) is -0.262. The van der Waals surface area contributed by atoms with E-state index in [1.165, 1.54) is 0 Å². The van der Waals surface area contributed by atoms with Crippen molar-refractivity contribution in [1.29, 1.82) is 0 Å². The van der Waals surface area contributed by atoms with Crippen molar-refractivity contribution in [1.82, 2.24) is 10.9 Å². The third kappa shape index (κ3) is 2.17. The molecule has 1 aliphatic heterocycles. The molecule has 0 unspecified atom stereocenters. The van der Waals surface area contributed by atoms with Crippen LogP contribution in [0.1, 0.15) is 0 Å². The molecule has 0 radical (unpaired) electrons. The number of nitrogens with zero attached hydrogens (tertiary/aromatic N) is 1. The van der Waals surface area contributed by atoms with Crippen molar-refractivity contribution in [2.45, 2.75) is 0 Å². The minimum atomic E-state index is -4.44. The molecule has 0 saturated heterocycles. The predicted octanol–water partition coefficient (Wildman–Crippen LogP) is -1.77. The van der Waals surface area contributed by atoms with E-state index in [9.17, 15) is 8.42 Å². The maximum absolute atomic E-state index is 9.97. The Morgan fingerprint density at radius 2 is 2.40 bits per heavy atom. The third-order valence-electron chi connectivity index (χ3n) is 0.681. The number of nitrogens with one attached hydrogen (secondary N) is 2. The van der Waals surface area contributed by atoms with Crippen molar-refractivity contribution >= 4 is 16.4 Å². The lowest BCUT2D eigenvalue weighted by Gasteiger charge is -1.98. The van der Waals surface area contributed by atoms with Crippen LogP contribution in [0.2, 0.25) is 0 Å². The Bertz CT molecular complexity index is 243. The highest BCUT2D eigenvalue weighted by molar-refractivity contribution is 7.81. The smallest absolute Gasteiger partial charge is 0.324 e. The summed E-state index contributed by atoms with van der Waals surface area (Å²) in [7, 11) is -4.44. The molecule has 1 heterocycles. The summed E-state index contributed by atoms with van der Waals surface area (Å²) in [6.45, 7) is 0.213. The molecule has 1 aliphatic rings. The molecule has 10 heavy (non-hydrogen) atoms. The summed E-state index contributed by atoms with van der Waals surface area (Å²) in [5, 5.41) is 0. The molecule has 0 spiro atoms. The molecule has 0 atom stereocenters. The van der Waals surface area contributed by atoms with E-state index in [1.807, 2.05) is 0 Å². The highest BCUT2D eigenvalue weighted by atomic mass is 32.3. The summed E-state index contributed by atoms with van der Waals surface area (Å²) >= 11 is 0. The molecule has 0 aromatic rings. The second-order valence-electron chi connectivity index (χ2n) is 1.43. The number of hydrogen-bond acceptors (Lipinski definition) is 6. The predicted molar refractivity (Wildman–Crippen MR) is 31.2 cm³/mol. The minimum Gasteiger partial charge on any atom is -0.324 e. The molecule has 3 N–H and O–H groups in total. The lowest BCUT2D eigenvalue weighted by molar-refractivity contribution is 0.375. The van der Waals surface area contributed by atoms with Gasteiger partial charge in [-0.1, -0.05) is 0 Å². The second-order valence-corrected chi connectivity index (χ2v) is 2.46. The maximum Gasteiger partial charge on any atom is 0.449 e. The fourth-order valence-corrected chi connectivity index (χ4v) is 0.707. The van der Waals surface area contributed by atoms with E-state index in [2.05, 4.69) is 20.0 Å². The Morgan fingerprint density at radius 1 is 1.70 bits per heavy atom. The van der Waals surface area contributed by atoms with Crippen LogP contribution in [0.25, 0.3) is 0 Å². The molecule has 0 aliphatic carbocycles. The highest BCUT2D eigenvalue weighted by Crippen LogP contribution is 1.89. The maximum atomic E-state index is 9.97. The zero-order valence-corrected chi connectivity index (χ0v) is 5.55. The van der Waals surface area contributed by atoms with E-state index in [-0.39, 0.29) is 12.7 Å². The summed E-state index contributed by atoms with van der Waals surface area (Å²) in [4.78, 5) is 3.45. The van der Waals surface area contributed by atoms with Crippen LogP contribution in [-0.2, 0) is 14.6 Å². The highest BCUT2D eigenvalue weighted by Gasteiger charge is 2.13. The van der Waals surface area contributed by atoms with Crippen LogP contribution >= 0.6 is 0 Å². The zero-order chi connectivity index (χ0) is 7.61. The van der Waals surface area contributed by atoms with Crippen LogP contribution in [0.5, 0.6) is 0 Å². The topological polar surface area (TPSA) is 100 Å². The summed E-state index contributed by atoms with van der Waals surface area (Å²) < 4.78 is 31.9. The lowest BCUT2D eigenvalue weighted by atomic mass is 11.1. The van der Waals surface area contributed by atoms with Gasteiger partial charge in [0.05, 0.1) is 0 Å². The van der Waals surface area contributed by atoms with E-state index in [0.717, 1.165) is 0 Å². The van der Waals surface area contributed by atoms with E-state index in [0.29, 0.717) is 0 Å². The standard InChI is InChI=1S/C2H5N3O4S/c6-10(7,8)9-2-3-1-4-5-2/h4H,1H2,(H,3,5)(H,6,7,8). The monoisotopic (exact) mass is 167 g/mol. The van der Waals surface area contributed by atoms with Gasteiger partial charge < -0.3 is 4.18 Å². The van der Waals surface area contributed by atoms with E-state index in [1.54, 1.807) is 0 Å². The van der Waals surface area contributed by atoms with Crippen LogP contribution < -0.4 is 10.9 Å². The summed E-state index contributed by atoms with van der Waals surface area (Å²) in [5.74, 6) is 0. The van der Waals surface area contributed by atoms with Gasteiger partial charge in [0, 0.05) is 0 Å². The van der Waals surface area contributed by atoms with Gasteiger partial charge in [0.25, 0.3) is 0 Å². The third-order valence-corrected chi connectivity index (χ3v) is 1.05. The van der Waals surface area contributed by atoms with Gasteiger partial charge in [0.1, 0.15) is 6.67 Å². The molecule has 0 saturated carbocycles. The molecule has 58 valence electrons. The van der Waals surface area contributed by atoms with Crippen LogP contribution in [-0.4, -0.2) is 25.7 Å². The number of hydrogen-bond donors (Lipinski definition) is 3. The summed E-state index contributed by atoms with van der Waals surface area (Å²) in [5.41, 5.74) is 4.69. The number of aliphatic imine (C=N–C) groups is 1. The van der Waals surface area contributed by atoms with E-state index >= 15 is 0 Å². The Kier molecular flexibility index (Phi) is 1.74. The number of hydrazine groups is 1. The molecule has 8 heteroatoms. The van der Waals surface area contributed by atoms with Gasteiger partial charge >= 0.3 is 16.4 Å². The summed E-state index contributed by atoms with van der Waals surface area (Å²) in [6.07, 6.45) is 0. The van der Waals surface area contributed by atoms with Crippen molar-refractivity contribution < 1.29 is 17.2 Å². The normalized spacial score (nSPS) is 17.9. The molecule has 0 amide bonds. The first kappa shape index (κ1) is 7.25. The van der Waals surface area contributed by atoms with E-state index < -0.39 is 10.4 Å². The van der Waals surface area contributed by atoms with Crippen molar-refractivity contribution in [2.75, 3.05) is 6.67 Å². The SMILES string of the molecule is O=S(=O)(O)OC1=NCNN1. The first-order chi connectivity index (χ1) is 4.58. The first-order valence-corrected chi connectivity index (χ1v) is 3.65. The molecule has 0 aromatic carbocycles. The number of amidine groups is 1. The fourth-order valence-electron chi connectivity index (χ4n) is 0.413. The van der Waals surface area contributed by atoms with Gasteiger partial charge in [-0.15, -0.1) is 0 Å². The van der Waals surface area contributed by atoms with Crippen LogP contribution in [0.3, 0.4) is 0 Å². The first-order valence-electron chi connectivity index (χ1n) is 2.28. The van der Waals surface area contributed by atoms with Gasteiger partial charge in [0.2, 0.25) is 0 Å². The lowest BCUT2D eigenvalue weighted by Crippen LogP contribution is -2.32. The molecular formula is C2H5N3O4S. The van der Waals surface area contributed by atoms with Gasteiger partial charge in [-0.3, -0.25) is 9.98 Å². The molecule has 0 aromatic heterocycles. The zero-order valence-electron chi connectivity index (χ0n) is 4.73. The van der Waals surface area contributed by atoms with Gasteiger partial charge in [0.15, 0.2) is 0 Å². The quantitative estimate of drug-likeness (QED) is 0.399. The average molecular weight is 167 g/mol. The van der Waals surface area contributed by atoms with Gasteiger partial charge in [-0.05, 0) is 0 Å². The minimum absolute atomic E-state index is 0.213. The van der Waals surface area contributed by atoms with Crippen molar-refractivity contribution in [2.24, 2.45) is 4.99 Å². The number of rotatable bonds is 1. The van der Waals surface area contributed by atoms with Crippen molar-refractivity contribution in [3.63, 3.8) is 0 Å². The second kappa shape index (κ2) is 2.40. The van der Waals surface area contributed by atoms with Crippen molar-refractivity contribution in [3.05, 3.63) is 0 Å². The Balaban J connectivity index is 2.54. The Hall–Kier alpha value is -0.860.